The number of aromatic nitrogens is 2. The average Bonchev–Trinajstić information content (AvgIpc) is 2.92. The molecule has 130 valence electrons. The Labute approximate surface area is 148 Å². The Morgan fingerprint density at radius 3 is 2.88 bits per heavy atom. The smallest absolute Gasteiger partial charge is 0.123 e. The molecule has 3 aromatic rings. The van der Waals surface area contributed by atoms with Gasteiger partial charge in [0.05, 0.1) is 0 Å². The summed E-state index contributed by atoms with van der Waals surface area (Å²) < 4.78 is 16.3. The maximum Gasteiger partial charge on any atom is 0.123 e. The zero-order valence-electron chi connectivity index (χ0n) is 14.9. The van der Waals surface area contributed by atoms with E-state index in [1.807, 2.05) is 24.4 Å². The molecule has 0 spiro atoms. The number of aryl methyl sites for hydroxylation is 2. The van der Waals surface area contributed by atoms with Crippen LogP contribution in [0.25, 0.3) is 10.9 Å². The Hall–Kier alpha value is -2.20. The number of hydrogen-bond donors (Lipinski definition) is 0. The van der Waals surface area contributed by atoms with E-state index in [9.17, 15) is 4.39 Å². The number of nitrogens with zero attached hydrogens (tertiary/aromatic N) is 3. The van der Waals surface area contributed by atoms with Crippen molar-refractivity contribution in [3.8, 4) is 0 Å². The van der Waals surface area contributed by atoms with Crippen LogP contribution in [-0.4, -0.2) is 27.0 Å². The molecule has 25 heavy (non-hydrogen) atoms. The zero-order chi connectivity index (χ0) is 17.4. The van der Waals surface area contributed by atoms with Gasteiger partial charge in [0.25, 0.3) is 0 Å². The quantitative estimate of drug-likeness (QED) is 0.712. The van der Waals surface area contributed by atoms with Gasteiger partial charge in [0.1, 0.15) is 5.82 Å². The molecule has 0 fully saturated rings. The summed E-state index contributed by atoms with van der Waals surface area (Å²) >= 11 is 0. The van der Waals surface area contributed by atoms with Gasteiger partial charge in [0, 0.05) is 60.5 Å². The first kappa shape index (κ1) is 16.3. The standard InChI is InChI=1S/C21H24FN3/c1-3-24-14-19-18-13-16(22)7-8-20(18)25(21(19)12-15(24)2)11-9-17-6-4-5-10-23-17/h4-8,10,13,15H,3,9,11-12,14H2,1-2H3. The molecule has 1 aliphatic heterocycles. The lowest BCUT2D eigenvalue weighted by Gasteiger charge is -2.33. The first-order valence-corrected chi connectivity index (χ1v) is 9.10. The maximum absolute atomic E-state index is 13.9. The fourth-order valence-electron chi connectivity index (χ4n) is 4.08. The highest BCUT2D eigenvalue weighted by atomic mass is 19.1. The van der Waals surface area contributed by atoms with E-state index in [1.54, 1.807) is 12.1 Å². The highest BCUT2D eigenvalue weighted by molar-refractivity contribution is 5.86. The van der Waals surface area contributed by atoms with Gasteiger partial charge >= 0.3 is 0 Å². The molecule has 1 aliphatic rings. The molecule has 0 amide bonds. The van der Waals surface area contributed by atoms with Crippen LogP contribution in [0.3, 0.4) is 0 Å². The molecule has 2 aromatic heterocycles. The molecule has 0 radical (unpaired) electrons. The molecule has 4 rings (SSSR count). The lowest BCUT2D eigenvalue weighted by Crippen LogP contribution is -2.38. The third kappa shape index (κ3) is 2.95. The largest absolute Gasteiger partial charge is 0.344 e. The van der Waals surface area contributed by atoms with Crippen LogP contribution < -0.4 is 0 Å². The third-order valence-corrected chi connectivity index (χ3v) is 5.45. The lowest BCUT2D eigenvalue weighted by molar-refractivity contribution is 0.192. The molecular weight excluding hydrogens is 313 g/mol. The topological polar surface area (TPSA) is 21.1 Å². The second-order valence-electron chi connectivity index (χ2n) is 6.93. The second kappa shape index (κ2) is 6.60. The van der Waals surface area contributed by atoms with E-state index < -0.39 is 0 Å². The summed E-state index contributed by atoms with van der Waals surface area (Å²) in [4.78, 5) is 6.91. The number of fused-ring (bicyclic) bond motifs is 3. The van der Waals surface area contributed by atoms with E-state index in [4.69, 9.17) is 0 Å². The molecule has 3 nitrogen and oxygen atoms in total. The molecule has 0 saturated heterocycles. The number of pyridine rings is 1. The van der Waals surface area contributed by atoms with Crippen LogP contribution in [0.15, 0.2) is 42.6 Å². The van der Waals surface area contributed by atoms with Gasteiger partial charge in [0.2, 0.25) is 0 Å². The van der Waals surface area contributed by atoms with Crippen molar-refractivity contribution in [2.24, 2.45) is 0 Å². The van der Waals surface area contributed by atoms with Gasteiger partial charge in [-0.05, 0) is 49.4 Å². The van der Waals surface area contributed by atoms with E-state index in [0.717, 1.165) is 49.1 Å². The molecule has 0 saturated carbocycles. The number of benzene rings is 1. The van der Waals surface area contributed by atoms with Crippen molar-refractivity contribution in [2.75, 3.05) is 6.54 Å². The van der Waals surface area contributed by atoms with E-state index in [1.165, 1.54) is 11.3 Å². The van der Waals surface area contributed by atoms with Gasteiger partial charge < -0.3 is 4.57 Å². The van der Waals surface area contributed by atoms with Crippen LogP contribution >= 0.6 is 0 Å². The normalized spacial score (nSPS) is 17.8. The van der Waals surface area contributed by atoms with Crippen molar-refractivity contribution in [1.29, 1.82) is 0 Å². The van der Waals surface area contributed by atoms with Crippen LogP contribution in [0.4, 0.5) is 4.39 Å². The van der Waals surface area contributed by atoms with E-state index in [2.05, 4.69) is 34.4 Å². The summed E-state index contributed by atoms with van der Waals surface area (Å²) in [6.45, 7) is 7.30. The summed E-state index contributed by atoms with van der Waals surface area (Å²) in [5.74, 6) is -0.154. The van der Waals surface area contributed by atoms with Crippen molar-refractivity contribution >= 4 is 10.9 Å². The van der Waals surface area contributed by atoms with Gasteiger partial charge in [-0.15, -0.1) is 0 Å². The van der Waals surface area contributed by atoms with Crippen LogP contribution in [0.5, 0.6) is 0 Å². The van der Waals surface area contributed by atoms with Crippen LogP contribution in [-0.2, 0) is 25.9 Å². The highest BCUT2D eigenvalue weighted by Gasteiger charge is 2.27. The SMILES string of the molecule is CCN1Cc2c(n(CCc3ccccn3)c3ccc(F)cc23)CC1C. The Kier molecular flexibility index (Phi) is 4.30. The Morgan fingerprint density at radius 1 is 1.24 bits per heavy atom. The van der Waals surface area contributed by atoms with Crippen LogP contribution in [0, 0.1) is 5.82 Å². The first-order chi connectivity index (χ1) is 12.2. The molecule has 0 N–H and O–H groups in total. The average molecular weight is 337 g/mol. The molecule has 0 bridgehead atoms. The van der Waals surface area contributed by atoms with Gasteiger partial charge in [-0.3, -0.25) is 9.88 Å². The minimum atomic E-state index is -0.154. The minimum Gasteiger partial charge on any atom is -0.344 e. The summed E-state index contributed by atoms with van der Waals surface area (Å²) in [7, 11) is 0. The minimum absolute atomic E-state index is 0.154. The molecule has 1 unspecified atom stereocenters. The fraction of sp³-hybridized carbons (Fsp3) is 0.381. The Balaban J connectivity index is 1.77. The van der Waals surface area contributed by atoms with E-state index in [-0.39, 0.29) is 5.82 Å². The molecular formula is C21H24FN3. The van der Waals surface area contributed by atoms with Crippen molar-refractivity contribution < 1.29 is 4.39 Å². The highest BCUT2D eigenvalue weighted by Crippen LogP contribution is 2.33. The Bertz CT molecular complexity index is 885. The monoisotopic (exact) mass is 337 g/mol. The van der Waals surface area contributed by atoms with Crippen LogP contribution in [0.1, 0.15) is 30.8 Å². The predicted molar refractivity (Wildman–Crippen MR) is 99.1 cm³/mol. The Morgan fingerprint density at radius 2 is 2.12 bits per heavy atom. The summed E-state index contributed by atoms with van der Waals surface area (Å²) in [5, 5.41) is 1.07. The number of likely N-dealkylation sites (N-methyl/N-ethyl adjacent to an activating group) is 1. The predicted octanol–water partition coefficient (Wildman–Crippen LogP) is 4.18. The zero-order valence-corrected chi connectivity index (χ0v) is 14.9. The number of rotatable bonds is 4. The van der Waals surface area contributed by atoms with Crippen molar-refractivity contribution in [3.63, 3.8) is 0 Å². The molecule has 4 heteroatoms. The third-order valence-electron chi connectivity index (χ3n) is 5.45. The van der Waals surface area contributed by atoms with E-state index >= 15 is 0 Å². The summed E-state index contributed by atoms with van der Waals surface area (Å²) in [6, 6.07) is 11.8. The first-order valence-electron chi connectivity index (χ1n) is 9.10. The molecule has 1 aromatic carbocycles. The van der Waals surface area contributed by atoms with Gasteiger partial charge in [-0.2, -0.15) is 0 Å². The molecule has 3 heterocycles. The lowest BCUT2D eigenvalue weighted by atomic mass is 9.99. The van der Waals surface area contributed by atoms with Crippen LogP contribution in [0.2, 0.25) is 0 Å². The van der Waals surface area contributed by atoms with E-state index in [0.29, 0.717) is 6.04 Å². The summed E-state index contributed by atoms with van der Waals surface area (Å²) in [5.41, 5.74) is 4.91. The van der Waals surface area contributed by atoms with Gasteiger partial charge in [-0.25, -0.2) is 4.39 Å². The van der Waals surface area contributed by atoms with Crippen molar-refractivity contribution in [3.05, 3.63) is 65.4 Å². The molecule has 0 aliphatic carbocycles. The summed E-state index contributed by atoms with van der Waals surface area (Å²) in [6.07, 6.45) is 3.75. The van der Waals surface area contributed by atoms with Gasteiger partial charge in [0.15, 0.2) is 0 Å². The second-order valence-corrected chi connectivity index (χ2v) is 6.93. The fourth-order valence-corrected chi connectivity index (χ4v) is 4.08. The van der Waals surface area contributed by atoms with Crippen molar-refractivity contribution in [1.82, 2.24) is 14.5 Å². The maximum atomic E-state index is 13.9. The number of halogens is 1. The van der Waals surface area contributed by atoms with Gasteiger partial charge in [-0.1, -0.05) is 13.0 Å². The molecule has 1 atom stereocenters. The van der Waals surface area contributed by atoms with Crippen molar-refractivity contribution in [2.45, 2.75) is 45.8 Å². The number of hydrogen-bond acceptors (Lipinski definition) is 2.